The molecule has 2 atom stereocenters. The summed E-state index contributed by atoms with van der Waals surface area (Å²) in [5.41, 5.74) is 0.174. The van der Waals surface area contributed by atoms with Gasteiger partial charge in [0.15, 0.2) is 0 Å². The highest BCUT2D eigenvalue weighted by atomic mass is 28.3. The summed E-state index contributed by atoms with van der Waals surface area (Å²) < 4.78 is 10.3. The quantitative estimate of drug-likeness (QED) is 0.420. The van der Waals surface area contributed by atoms with E-state index in [1.165, 1.54) is 7.11 Å². The van der Waals surface area contributed by atoms with Crippen LogP contribution in [-0.2, 0) is 25.5 Å². The molecule has 1 unspecified atom stereocenters. The first-order valence-corrected chi connectivity index (χ1v) is 14.6. The van der Waals surface area contributed by atoms with Gasteiger partial charge in [0.2, 0.25) is 5.91 Å². The maximum Gasteiger partial charge on any atom is 0.408 e. The van der Waals surface area contributed by atoms with Gasteiger partial charge in [-0.15, -0.1) is 0 Å². The molecule has 2 aromatic carbocycles. The molecule has 2 aromatic rings. The molecule has 0 aliphatic rings. The largest absolute Gasteiger partial charge is 0.467 e. The topological polar surface area (TPSA) is 93.7 Å². The lowest BCUT2D eigenvalue weighted by Crippen LogP contribution is -2.57. The molecule has 0 radical (unpaired) electrons. The second-order valence-corrected chi connectivity index (χ2v) is 14.7. The van der Waals surface area contributed by atoms with Gasteiger partial charge >= 0.3 is 12.1 Å². The highest BCUT2D eigenvalue weighted by Crippen LogP contribution is 2.15. The van der Waals surface area contributed by atoms with E-state index in [1.54, 1.807) is 20.8 Å². The second kappa shape index (κ2) is 11.8. The Morgan fingerprint density at radius 1 is 0.882 bits per heavy atom. The zero-order chi connectivity index (χ0) is 25.4. The lowest BCUT2D eigenvalue weighted by atomic mass is 10.1. The van der Waals surface area contributed by atoms with Crippen molar-refractivity contribution >= 4 is 31.2 Å². The van der Waals surface area contributed by atoms with E-state index in [0.717, 1.165) is 10.8 Å². The van der Waals surface area contributed by atoms with Gasteiger partial charge in [0.25, 0.3) is 0 Å². The number of benzene rings is 2. The fourth-order valence-electron chi connectivity index (χ4n) is 3.63. The van der Waals surface area contributed by atoms with E-state index in [2.05, 4.69) is 23.7 Å². The SMILES string of the molecule is COC(=O)[C@H](Cc1ccccc1)NC(=O)C(C[Si](C)(C)c1ccccc1)NC(=O)OC(C)(C)C. The molecule has 7 nitrogen and oxygen atoms in total. The average Bonchev–Trinajstić information content (AvgIpc) is 2.77. The van der Waals surface area contributed by atoms with Crippen LogP contribution in [-0.4, -0.2) is 50.8 Å². The molecule has 0 heterocycles. The van der Waals surface area contributed by atoms with Crippen LogP contribution in [0.4, 0.5) is 4.79 Å². The summed E-state index contributed by atoms with van der Waals surface area (Å²) in [6.45, 7) is 9.56. The van der Waals surface area contributed by atoms with Crippen LogP contribution < -0.4 is 15.8 Å². The predicted octanol–water partition coefficient (Wildman–Crippen LogP) is 3.40. The van der Waals surface area contributed by atoms with Gasteiger partial charge in [0, 0.05) is 6.42 Å². The number of nitrogens with one attached hydrogen (secondary N) is 2. The molecule has 0 saturated carbocycles. The van der Waals surface area contributed by atoms with Crippen molar-refractivity contribution in [1.82, 2.24) is 10.6 Å². The van der Waals surface area contributed by atoms with Crippen molar-refractivity contribution < 1.29 is 23.9 Å². The van der Waals surface area contributed by atoms with Crippen LogP contribution in [0.2, 0.25) is 19.1 Å². The molecule has 2 amide bonds. The fraction of sp³-hybridized carbons (Fsp3) is 0.423. The van der Waals surface area contributed by atoms with Crippen LogP contribution in [0.15, 0.2) is 60.7 Å². The number of methoxy groups -OCH3 is 1. The first-order valence-electron chi connectivity index (χ1n) is 11.4. The molecule has 2 N–H and O–H groups in total. The summed E-state index contributed by atoms with van der Waals surface area (Å²) in [5, 5.41) is 6.69. The van der Waals surface area contributed by atoms with Gasteiger partial charge in [-0.2, -0.15) is 0 Å². The van der Waals surface area contributed by atoms with Crippen molar-refractivity contribution in [2.24, 2.45) is 0 Å². The summed E-state index contributed by atoms with van der Waals surface area (Å²) in [6, 6.07) is 18.0. The number of esters is 1. The third kappa shape index (κ3) is 8.66. The molecule has 0 aromatic heterocycles. The van der Waals surface area contributed by atoms with Crippen molar-refractivity contribution in [1.29, 1.82) is 0 Å². The van der Waals surface area contributed by atoms with Crippen molar-refractivity contribution in [2.75, 3.05) is 7.11 Å². The smallest absolute Gasteiger partial charge is 0.408 e. The van der Waals surface area contributed by atoms with Crippen LogP contribution in [0.1, 0.15) is 26.3 Å². The molecule has 0 aliphatic heterocycles. The van der Waals surface area contributed by atoms with Gasteiger partial charge in [0.05, 0.1) is 15.2 Å². The normalized spacial score (nSPS) is 13.4. The van der Waals surface area contributed by atoms with Crippen molar-refractivity contribution in [2.45, 2.75) is 64.0 Å². The molecule has 0 spiro atoms. The predicted molar refractivity (Wildman–Crippen MR) is 136 cm³/mol. The van der Waals surface area contributed by atoms with Gasteiger partial charge in [-0.1, -0.05) is 78.9 Å². The van der Waals surface area contributed by atoms with Crippen molar-refractivity contribution in [3.05, 3.63) is 66.2 Å². The third-order valence-electron chi connectivity index (χ3n) is 5.36. The Morgan fingerprint density at radius 3 is 1.97 bits per heavy atom. The van der Waals surface area contributed by atoms with Crippen LogP contribution in [0.3, 0.4) is 0 Å². The van der Waals surface area contributed by atoms with Gasteiger partial charge < -0.3 is 20.1 Å². The summed E-state index contributed by atoms with van der Waals surface area (Å²) >= 11 is 0. The van der Waals surface area contributed by atoms with Gasteiger partial charge in [-0.3, -0.25) is 4.79 Å². The van der Waals surface area contributed by atoms with E-state index in [1.807, 2.05) is 60.7 Å². The second-order valence-electron chi connectivity index (χ2n) is 9.93. The van der Waals surface area contributed by atoms with E-state index in [9.17, 15) is 14.4 Å². The molecular weight excluding hydrogens is 448 g/mol. The van der Waals surface area contributed by atoms with E-state index >= 15 is 0 Å². The number of carbonyl (C=O) groups excluding carboxylic acids is 3. The lowest BCUT2D eigenvalue weighted by molar-refractivity contribution is -0.145. The van der Waals surface area contributed by atoms with Crippen LogP contribution in [0.25, 0.3) is 0 Å². The van der Waals surface area contributed by atoms with E-state index < -0.39 is 43.7 Å². The van der Waals surface area contributed by atoms with E-state index in [0.29, 0.717) is 6.04 Å². The number of rotatable bonds is 9. The summed E-state index contributed by atoms with van der Waals surface area (Å²) in [7, 11) is -0.853. The minimum atomic E-state index is -2.14. The number of hydrogen-bond donors (Lipinski definition) is 2. The molecule has 34 heavy (non-hydrogen) atoms. The fourth-order valence-corrected chi connectivity index (χ4v) is 6.27. The molecule has 8 heteroatoms. The highest BCUT2D eigenvalue weighted by Gasteiger charge is 2.35. The maximum atomic E-state index is 13.4. The third-order valence-corrected chi connectivity index (χ3v) is 8.69. The summed E-state index contributed by atoms with van der Waals surface area (Å²) in [5.74, 6) is -0.999. The minimum Gasteiger partial charge on any atom is -0.467 e. The van der Waals surface area contributed by atoms with Gasteiger partial charge in [-0.05, 0) is 32.4 Å². The zero-order valence-corrected chi connectivity index (χ0v) is 21.9. The monoisotopic (exact) mass is 484 g/mol. The maximum absolute atomic E-state index is 13.4. The molecule has 0 aliphatic carbocycles. The highest BCUT2D eigenvalue weighted by molar-refractivity contribution is 6.90. The summed E-state index contributed by atoms with van der Waals surface area (Å²) in [6.07, 6.45) is -0.402. The van der Waals surface area contributed by atoms with Crippen LogP contribution in [0, 0.1) is 0 Å². The van der Waals surface area contributed by atoms with E-state index in [-0.39, 0.29) is 6.42 Å². The molecule has 0 saturated heterocycles. The van der Waals surface area contributed by atoms with Gasteiger partial charge in [-0.25, -0.2) is 9.59 Å². The standard InChI is InChI=1S/C26H36N2O5Si/c1-26(2,3)33-25(31)28-22(18-34(5,6)20-15-11-8-12-16-20)23(29)27-21(24(30)32-4)17-19-13-9-7-10-14-19/h7-16,21-22H,17-18H2,1-6H3,(H,27,29)(H,28,31)/t21-,22?/m0/s1. The zero-order valence-electron chi connectivity index (χ0n) is 20.9. The number of hydrogen-bond acceptors (Lipinski definition) is 5. The van der Waals surface area contributed by atoms with Crippen LogP contribution >= 0.6 is 0 Å². The average molecular weight is 485 g/mol. The number of ether oxygens (including phenoxy) is 2. The Kier molecular flexibility index (Phi) is 9.43. The number of carbonyl (C=O) groups is 3. The molecule has 0 fully saturated rings. The molecular formula is C26H36N2O5Si. The van der Waals surface area contributed by atoms with Crippen molar-refractivity contribution in [3.63, 3.8) is 0 Å². The first kappa shape index (κ1) is 27.1. The van der Waals surface area contributed by atoms with Crippen molar-refractivity contribution in [3.8, 4) is 0 Å². The Bertz CT molecular complexity index is 958. The Morgan fingerprint density at radius 2 is 1.44 bits per heavy atom. The lowest BCUT2D eigenvalue weighted by Gasteiger charge is -2.30. The van der Waals surface area contributed by atoms with Crippen LogP contribution in [0.5, 0.6) is 0 Å². The molecule has 184 valence electrons. The van der Waals surface area contributed by atoms with E-state index in [4.69, 9.17) is 9.47 Å². The molecule has 2 rings (SSSR count). The number of amides is 2. The first-order chi connectivity index (χ1) is 15.9. The Labute approximate surface area is 203 Å². The Balaban J connectivity index is 2.26. The molecule has 0 bridgehead atoms. The summed E-state index contributed by atoms with van der Waals surface area (Å²) in [4.78, 5) is 38.4. The van der Waals surface area contributed by atoms with Gasteiger partial charge in [0.1, 0.15) is 17.7 Å². The minimum absolute atomic E-state index is 0.276. The number of alkyl carbamates (subject to hydrolysis) is 1. The Hall–Kier alpha value is -3.13.